The molecule has 0 unspecified atom stereocenters. The summed E-state index contributed by atoms with van der Waals surface area (Å²) in [6.07, 6.45) is 0.455. The van der Waals surface area contributed by atoms with Gasteiger partial charge in [-0.05, 0) is 11.1 Å². The van der Waals surface area contributed by atoms with Crippen LogP contribution >= 0.6 is 0 Å². The lowest BCUT2D eigenvalue weighted by atomic mass is 10.0. The zero-order chi connectivity index (χ0) is 9.97. The maximum Gasteiger partial charge on any atom is 0.0837 e. The predicted octanol–water partition coefficient (Wildman–Crippen LogP) is 1.00. The summed E-state index contributed by atoms with van der Waals surface area (Å²) in [4.78, 5) is 0. The Morgan fingerprint density at radius 3 is 2.50 bits per heavy atom. The Kier molecular flexibility index (Phi) is 2.82. The predicted molar refractivity (Wildman–Crippen MR) is 51.7 cm³/mol. The molecule has 1 fully saturated rings. The summed E-state index contributed by atoms with van der Waals surface area (Å²) in [7, 11) is 0. The van der Waals surface area contributed by atoms with Crippen molar-refractivity contribution >= 4 is 0 Å². The molecule has 0 radical (unpaired) electrons. The summed E-state index contributed by atoms with van der Waals surface area (Å²) in [5.41, 5.74) is 1.75. The van der Waals surface area contributed by atoms with Crippen LogP contribution in [0, 0.1) is 0 Å². The summed E-state index contributed by atoms with van der Waals surface area (Å²) in [6.45, 7) is 0.813. The standard InChI is InChI=1S/C11H14O3/c12-6-8-1-3-9(4-2-8)11(13)5-10-7-14-10/h1-4,10-13H,5-7H2/t10-,11-/m1/s1. The lowest BCUT2D eigenvalue weighted by Gasteiger charge is -2.09. The first-order valence-corrected chi connectivity index (χ1v) is 4.79. The first-order valence-electron chi connectivity index (χ1n) is 4.79. The summed E-state index contributed by atoms with van der Waals surface area (Å²) >= 11 is 0. The van der Waals surface area contributed by atoms with E-state index in [1.165, 1.54) is 0 Å². The number of aliphatic hydroxyl groups excluding tert-OH is 2. The maximum atomic E-state index is 9.75. The van der Waals surface area contributed by atoms with E-state index in [1.54, 1.807) is 0 Å². The SMILES string of the molecule is OCc1ccc([C@H](O)C[C@@H]2CO2)cc1. The van der Waals surface area contributed by atoms with Gasteiger partial charge in [-0.15, -0.1) is 0 Å². The van der Waals surface area contributed by atoms with Crippen molar-refractivity contribution in [3.8, 4) is 0 Å². The van der Waals surface area contributed by atoms with Crippen LogP contribution in [-0.4, -0.2) is 22.9 Å². The molecule has 0 amide bonds. The first kappa shape index (κ1) is 9.65. The highest BCUT2D eigenvalue weighted by Crippen LogP contribution is 2.25. The van der Waals surface area contributed by atoms with Gasteiger partial charge in [-0.2, -0.15) is 0 Å². The lowest BCUT2D eigenvalue weighted by Crippen LogP contribution is -2.01. The van der Waals surface area contributed by atoms with Gasteiger partial charge in [0.2, 0.25) is 0 Å². The van der Waals surface area contributed by atoms with Gasteiger partial charge in [0.1, 0.15) is 0 Å². The van der Waals surface area contributed by atoms with Gasteiger partial charge in [0, 0.05) is 6.42 Å². The third-order valence-electron chi connectivity index (χ3n) is 2.44. The number of hydrogen-bond donors (Lipinski definition) is 2. The van der Waals surface area contributed by atoms with E-state index in [1.807, 2.05) is 24.3 Å². The average molecular weight is 194 g/mol. The van der Waals surface area contributed by atoms with Crippen molar-refractivity contribution in [3.05, 3.63) is 35.4 Å². The Morgan fingerprint density at radius 1 is 1.36 bits per heavy atom. The van der Waals surface area contributed by atoms with Gasteiger partial charge >= 0.3 is 0 Å². The van der Waals surface area contributed by atoms with E-state index < -0.39 is 6.10 Å². The molecule has 0 saturated carbocycles. The topological polar surface area (TPSA) is 53.0 Å². The highest BCUT2D eigenvalue weighted by Gasteiger charge is 2.26. The van der Waals surface area contributed by atoms with Gasteiger partial charge in [-0.1, -0.05) is 24.3 Å². The lowest BCUT2D eigenvalue weighted by molar-refractivity contribution is 0.154. The molecule has 1 saturated heterocycles. The summed E-state index contributed by atoms with van der Waals surface area (Å²) < 4.78 is 5.05. The Labute approximate surface area is 83.0 Å². The van der Waals surface area contributed by atoms with Crippen LogP contribution in [0.3, 0.4) is 0 Å². The van der Waals surface area contributed by atoms with Gasteiger partial charge in [0.05, 0.1) is 25.4 Å². The van der Waals surface area contributed by atoms with E-state index in [9.17, 15) is 5.11 Å². The zero-order valence-corrected chi connectivity index (χ0v) is 7.89. The largest absolute Gasteiger partial charge is 0.392 e. The minimum absolute atomic E-state index is 0.0438. The van der Waals surface area contributed by atoms with Gasteiger partial charge in [0.25, 0.3) is 0 Å². The molecule has 14 heavy (non-hydrogen) atoms. The van der Waals surface area contributed by atoms with E-state index in [2.05, 4.69) is 0 Å². The molecule has 1 aromatic rings. The van der Waals surface area contributed by atoms with E-state index in [4.69, 9.17) is 9.84 Å². The molecule has 76 valence electrons. The third-order valence-corrected chi connectivity index (χ3v) is 2.44. The molecule has 2 atom stereocenters. The molecule has 0 spiro atoms. The van der Waals surface area contributed by atoms with E-state index in [-0.39, 0.29) is 12.7 Å². The summed E-state index contributed by atoms with van der Waals surface area (Å²) in [5, 5.41) is 18.6. The fourth-order valence-electron chi connectivity index (χ4n) is 1.43. The number of hydrogen-bond acceptors (Lipinski definition) is 3. The second-order valence-corrected chi connectivity index (χ2v) is 3.61. The fourth-order valence-corrected chi connectivity index (χ4v) is 1.43. The summed E-state index contributed by atoms with van der Waals surface area (Å²) in [6, 6.07) is 7.34. The zero-order valence-electron chi connectivity index (χ0n) is 7.89. The number of epoxide rings is 1. The van der Waals surface area contributed by atoms with Crippen LogP contribution in [0.2, 0.25) is 0 Å². The first-order chi connectivity index (χ1) is 6.79. The number of rotatable bonds is 4. The Bertz CT molecular complexity index is 290. The van der Waals surface area contributed by atoms with Crippen LogP contribution in [-0.2, 0) is 11.3 Å². The molecular weight excluding hydrogens is 180 g/mol. The molecule has 1 aromatic carbocycles. The molecule has 1 aliphatic rings. The molecule has 2 rings (SSSR count). The van der Waals surface area contributed by atoms with Crippen LogP contribution < -0.4 is 0 Å². The summed E-state index contributed by atoms with van der Waals surface area (Å²) in [5.74, 6) is 0. The monoisotopic (exact) mass is 194 g/mol. The second kappa shape index (κ2) is 4.09. The number of aliphatic hydroxyl groups is 2. The molecule has 1 heterocycles. The van der Waals surface area contributed by atoms with E-state index in [0.29, 0.717) is 6.42 Å². The number of benzene rings is 1. The minimum Gasteiger partial charge on any atom is -0.392 e. The average Bonchev–Trinajstić information content (AvgIpc) is 3.02. The van der Waals surface area contributed by atoms with Gasteiger partial charge in [-0.25, -0.2) is 0 Å². The highest BCUT2D eigenvalue weighted by molar-refractivity contribution is 5.23. The quantitative estimate of drug-likeness (QED) is 0.703. The van der Waals surface area contributed by atoms with Crippen molar-refractivity contribution in [2.45, 2.75) is 25.2 Å². The van der Waals surface area contributed by atoms with Crippen molar-refractivity contribution in [3.63, 3.8) is 0 Å². The van der Waals surface area contributed by atoms with Crippen molar-refractivity contribution in [2.24, 2.45) is 0 Å². The highest BCUT2D eigenvalue weighted by atomic mass is 16.6. The van der Waals surface area contributed by atoms with Crippen LogP contribution in [0.5, 0.6) is 0 Å². The molecule has 3 heteroatoms. The smallest absolute Gasteiger partial charge is 0.0837 e. The van der Waals surface area contributed by atoms with Crippen molar-refractivity contribution in [1.29, 1.82) is 0 Å². The number of ether oxygens (including phenoxy) is 1. The van der Waals surface area contributed by atoms with Crippen molar-refractivity contribution in [2.75, 3.05) is 6.61 Å². The molecule has 0 bridgehead atoms. The molecule has 0 aliphatic carbocycles. The molecule has 2 N–H and O–H groups in total. The third kappa shape index (κ3) is 2.32. The normalized spacial score (nSPS) is 22.0. The Hall–Kier alpha value is -0.900. The van der Waals surface area contributed by atoms with Crippen molar-refractivity contribution in [1.82, 2.24) is 0 Å². The molecule has 0 aromatic heterocycles. The van der Waals surface area contributed by atoms with E-state index in [0.717, 1.165) is 17.7 Å². The second-order valence-electron chi connectivity index (χ2n) is 3.61. The molecule has 3 nitrogen and oxygen atoms in total. The molecular formula is C11H14O3. The Morgan fingerprint density at radius 2 is 2.00 bits per heavy atom. The maximum absolute atomic E-state index is 9.75. The minimum atomic E-state index is -0.449. The van der Waals surface area contributed by atoms with E-state index >= 15 is 0 Å². The van der Waals surface area contributed by atoms with Gasteiger partial charge in [0.15, 0.2) is 0 Å². The Balaban J connectivity index is 1.99. The van der Waals surface area contributed by atoms with Crippen LogP contribution in [0.4, 0.5) is 0 Å². The van der Waals surface area contributed by atoms with Crippen LogP contribution in [0.25, 0.3) is 0 Å². The van der Waals surface area contributed by atoms with Crippen LogP contribution in [0.1, 0.15) is 23.7 Å². The van der Waals surface area contributed by atoms with Crippen LogP contribution in [0.15, 0.2) is 24.3 Å². The van der Waals surface area contributed by atoms with Gasteiger partial charge in [-0.3, -0.25) is 0 Å². The molecule has 1 aliphatic heterocycles. The fraction of sp³-hybridized carbons (Fsp3) is 0.455. The van der Waals surface area contributed by atoms with Gasteiger partial charge < -0.3 is 14.9 Å². The van der Waals surface area contributed by atoms with Crippen molar-refractivity contribution < 1.29 is 14.9 Å².